The first-order valence-electron chi connectivity index (χ1n) is 6.83. The second-order valence-electron chi connectivity index (χ2n) is 4.67. The number of hydrogen-bond acceptors (Lipinski definition) is 4. The number of nitrogens with one attached hydrogen (secondary N) is 2. The molecule has 5 nitrogen and oxygen atoms in total. The molecule has 0 unspecified atom stereocenters. The van der Waals surface area contributed by atoms with Gasteiger partial charge in [0.2, 0.25) is 10.0 Å². The number of pyridine rings is 1. The van der Waals surface area contributed by atoms with E-state index in [2.05, 4.69) is 15.0 Å². The third kappa shape index (κ3) is 5.07. The van der Waals surface area contributed by atoms with Crippen molar-refractivity contribution in [3.8, 4) is 0 Å². The molecule has 2 aromatic rings. The van der Waals surface area contributed by atoms with Crippen molar-refractivity contribution < 1.29 is 8.42 Å². The zero-order valence-corrected chi connectivity index (χ0v) is 12.7. The minimum Gasteiger partial charge on any atom is -0.379 e. The maximum absolute atomic E-state index is 11.7. The van der Waals surface area contributed by atoms with E-state index in [-0.39, 0.29) is 5.75 Å². The lowest BCUT2D eigenvalue weighted by atomic mass is 10.3. The number of anilines is 2. The van der Waals surface area contributed by atoms with Gasteiger partial charge in [0.1, 0.15) is 0 Å². The monoisotopic (exact) mass is 305 g/mol. The number of aromatic nitrogens is 1. The number of benzene rings is 1. The van der Waals surface area contributed by atoms with Gasteiger partial charge in [-0.1, -0.05) is 13.0 Å². The highest BCUT2D eigenvalue weighted by molar-refractivity contribution is 7.92. The summed E-state index contributed by atoms with van der Waals surface area (Å²) in [5.74, 6) is 0.132. The van der Waals surface area contributed by atoms with Crippen LogP contribution in [-0.4, -0.2) is 19.2 Å². The fraction of sp³-hybridized carbons (Fsp3) is 0.267. The van der Waals surface area contributed by atoms with E-state index < -0.39 is 10.0 Å². The molecule has 0 aliphatic carbocycles. The van der Waals surface area contributed by atoms with E-state index in [1.165, 1.54) is 0 Å². The van der Waals surface area contributed by atoms with Crippen molar-refractivity contribution in [1.29, 1.82) is 0 Å². The van der Waals surface area contributed by atoms with Crippen molar-refractivity contribution in [2.24, 2.45) is 0 Å². The quantitative estimate of drug-likeness (QED) is 0.825. The van der Waals surface area contributed by atoms with Crippen LogP contribution in [0.25, 0.3) is 0 Å². The number of hydrogen-bond donors (Lipinski definition) is 2. The van der Waals surface area contributed by atoms with Gasteiger partial charge < -0.3 is 5.32 Å². The number of rotatable bonds is 7. The minimum atomic E-state index is -3.23. The van der Waals surface area contributed by atoms with E-state index >= 15 is 0 Å². The Kier molecular flexibility index (Phi) is 5.16. The first kappa shape index (κ1) is 15.3. The highest BCUT2D eigenvalue weighted by atomic mass is 32.2. The van der Waals surface area contributed by atoms with Crippen molar-refractivity contribution in [2.75, 3.05) is 15.8 Å². The summed E-state index contributed by atoms with van der Waals surface area (Å²) in [6.45, 7) is 2.46. The Morgan fingerprint density at radius 2 is 1.76 bits per heavy atom. The second kappa shape index (κ2) is 7.08. The van der Waals surface area contributed by atoms with Crippen LogP contribution in [0.5, 0.6) is 0 Å². The topological polar surface area (TPSA) is 71.1 Å². The average molecular weight is 305 g/mol. The highest BCUT2D eigenvalue weighted by Gasteiger charge is 2.08. The molecule has 0 spiro atoms. The first-order valence-corrected chi connectivity index (χ1v) is 8.48. The lowest BCUT2D eigenvalue weighted by Gasteiger charge is -2.09. The molecule has 0 atom stereocenters. The summed E-state index contributed by atoms with van der Waals surface area (Å²) in [6.07, 6.45) is 2.35. The summed E-state index contributed by atoms with van der Waals surface area (Å²) in [6, 6.07) is 12.9. The Balaban J connectivity index is 1.93. The molecular weight excluding hydrogens is 286 g/mol. The van der Waals surface area contributed by atoms with Gasteiger partial charge in [-0.05, 0) is 42.8 Å². The van der Waals surface area contributed by atoms with Gasteiger partial charge in [0, 0.05) is 17.6 Å². The van der Waals surface area contributed by atoms with E-state index in [9.17, 15) is 8.42 Å². The van der Waals surface area contributed by atoms with Gasteiger partial charge >= 0.3 is 0 Å². The molecule has 6 heteroatoms. The fourth-order valence-corrected chi connectivity index (χ4v) is 2.99. The van der Waals surface area contributed by atoms with Crippen LogP contribution in [0, 0.1) is 0 Å². The predicted octanol–water partition coefficient (Wildman–Crippen LogP) is 2.85. The number of sulfonamides is 1. The average Bonchev–Trinajstić information content (AvgIpc) is 2.47. The molecule has 2 rings (SSSR count). The summed E-state index contributed by atoms with van der Waals surface area (Å²) in [4.78, 5) is 4.23. The van der Waals surface area contributed by atoms with Crippen molar-refractivity contribution in [3.63, 3.8) is 0 Å². The maximum atomic E-state index is 11.7. The van der Waals surface area contributed by atoms with E-state index in [0.29, 0.717) is 18.7 Å². The Morgan fingerprint density at radius 3 is 2.38 bits per heavy atom. The number of nitrogens with zero attached hydrogens (tertiary/aromatic N) is 1. The van der Waals surface area contributed by atoms with E-state index in [0.717, 1.165) is 11.4 Å². The molecular formula is C15H19N3O2S. The zero-order valence-electron chi connectivity index (χ0n) is 11.9. The van der Waals surface area contributed by atoms with Crippen molar-refractivity contribution >= 4 is 21.4 Å². The van der Waals surface area contributed by atoms with Crippen LogP contribution in [0.3, 0.4) is 0 Å². The smallest absolute Gasteiger partial charge is 0.232 e. The summed E-state index contributed by atoms with van der Waals surface area (Å²) >= 11 is 0. The summed E-state index contributed by atoms with van der Waals surface area (Å²) in [5.41, 5.74) is 2.44. The van der Waals surface area contributed by atoms with Crippen LogP contribution in [-0.2, 0) is 16.6 Å². The Bertz CT molecular complexity index is 655. The van der Waals surface area contributed by atoms with Gasteiger partial charge in [0.25, 0.3) is 0 Å². The Hall–Kier alpha value is -2.08. The molecule has 0 radical (unpaired) electrons. The van der Waals surface area contributed by atoms with Crippen LogP contribution in [0.2, 0.25) is 0 Å². The van der Waals surface area contributed by atoms with Gasteiger partial charge in [0.15, 0.2) is 0 Å². The lowest BCUT2D eigenvalue weighted by molar-refractivity contribution is 0.600. The molecule has 2 N–H and O–H groups in total. The van der Waals surface area contributed by atoms with Crippen molar-refractivity contribution in [1.82, 2.24) is 4.98 Å². The first-order chi connectivity index (χ1) is 10.1. The molecule has 1 aromatic heterocycles. The van der Waals surface area contributed by atoms with Gasteiger partial charge in [-0.2, -0.15) is 0 Å². The Morgan fingerprint density at radius 1 is 1.05 bits per heavy atom. The molecule has 1 aromatic carbocycles. The zero-order chi connectivity index (χ0) is 15.1. The lowest BCUT2D eigenvalue weighted by Crippen LogP contribution is -2.16. The SMILES string of the molecule is CCCS(=O)(=O)Nc1ccc(NCc2ccccn2)cc1. The molecule has 1 heterocycles. The van der Waals surface area contributed by atoms with Crippen molar-refractivity contribution in [2.45, 2.75) is 19.9 Å². The fourth-order valence-electron chi connectivity index (χ4n) is 1.85. The third-order valence-electron chi connectivity index (χ3n) is 2.83. The molecule has 0 saturated heterocycles. The molecule has 0 bridgehead atoms. The molecule has 0 aliphatic heterocycles. The van der Waals surface area contributed by atoms with E-state index in [4.69, 9.17) is 0 Å². The highest BCUT2D eigenvalue weighted by Crippen LogP contribution is 2.15. The molecule has 112 valence electrons. The van der Waals surface area contributed by atoms with E-state index in [1.807, 2.05) is 37.3 Å². The van der Waals surface area contributed by atoms with Crippen molar-refractivity contribution in [3.05, 3.63) is 54.4 Å². The summed E-state index contributed by atoms with van der Waals surface area (Å²) in [5, 5.41) is 3.24. The second-order valence-corrected chi connectivity index (χ2v) is 6.51. The molecule has 0 fully saturated rings. The van der Waals surface area contributed by atoms with Crippen LogP contribution in [0.1, 0.15) is 19.0 Å². The van der Waals surface area contributed by atoms with E-state index in [1.54, 1.807) is 18.3 Å². The van der Waals surface area contributed by atoms with Crippen LogP contribution >= 0.6 is 0 Å². The maximum Gasteiger partial charge on any atom is 0.232 e. The van der Waals surface area contributed by atoms with Gasteiger partial charge in [-0.25, -0.2) is 8.42 Å². The summed E-state index contributed by atoms with van der Waals surface area (Å²) < 4.78 is 25.9. The predicted molar refractivity (Wildman–Crippen MR) is 85.7 cm³/mol. The third-order valence-corrected chi connectivity index (χ3v) is 4.32. The minimum absolute atomic E-state index is 0.132. The van der Waals surface area contributed by atoms with Gasteiger partial charge in [-0.3, -0.25) is 9.71 Å². The van der Waals surface area contributed by atoms with Gasteiger partial charge in [0.05, 0.1) is 18.0 Å². The van der Waals surface area contributed by atoms with Crippen LogP contribution < -0.4 is 10.0 Å². The van der Waals surface area contributed by atoms with Gasteiger partial charge in [-0.15, -0.1) is 0 Å². The molecule has 21 heavy (non-hydrogen) atoms. The Labute approximate surface area is 125 Å². The molecule has 0 amide bonds. The molecule has 0 aliphatic rings. The normalized spacial score (nSPS) is 11.1. The van der Waals surface area contributed by atoms with Crippen LogP contribution in [0.4, 0.5) is 11.4 Å². The van der Waals surface area contributed by atoms with Crippen LogP contribution in [0.15, 0.2) is 48.7 Å². The largest absolute Gasteiger partial charge is 0.379 e. The molecule has 0 saturated carbocycles. The standard InChI is InChI=1S/C15H19N3O2S/c1-2-11-21(19,20)18-14-8-6-13(7-9-14)17-12-15-5-3-4-10-16-15/h3-10,17-18H,2,11-12H2,1H3. The summed E-state index contributed by atoms with van der Waals surface area (Å²) in [7, 11) is -3.23.